The maximum absolute atomic E-state index is 9.47. The summed E-state index contributed by atoms with van der Waals surface area (Å²) < 4.78 is 5.68. The first-order valence-electron chi connectivity index (χ1n) is 6.39. The van der Waals surface area contributed by atoms with Gasteiger partial charge in [-0.3, -0.25) is 0 Å². The highest BCUT2D eigenvalue weighted by molar-refractivity contribution is 5.74. The molecule has 0 bridgehead atoms. The molecule has 0 saturated heterocycles. The molecule has 3 rings (SSSR count). The van der Waals surface area contributed by atoms with Gasteiger partial charge >= 0.3 is 0 Å². The van der Waals surface area contributed by atoms with Crippen molar-refractivity contribution in [1.82, 2.24) is 15.2 Å². The van der Waals surface area contributed by atoms with E-state index >= 15 is 0 Å². The first-order valence-corrected chi connectivity index (χ1v) is 6.39. The molecule has 3 aromatic rings. The summed E-state index contributed by atoms with van der Waals surface area (Å²) in [6, 6.07) is 13.8. The molecule has 0 aliphatic rings. The lowest BCUT2D eigenvalue weighted by molar-refractivity contribution is 0.107. The van der Waals surface area contributed by atoms with Crippen molar-refractivity contribution in [2.24, 2.45) is 0 Å². The summed E-state index contributed by atoms with van der Waals surface area (Å²) in [6.07, 6.45) is 0. The summed E-state index contributed by atoms with van der Waals surface area (Å²) in [5, 5.41) is 16.8. The topological polar surface area (TPSA) is 60.2 Å². The van der Waals surface area contributed by atoms with E-state index in [4.69, 9.17) is 4.74 Å². The zero-order chi connectivity index (χ0) is 13.9. The number of rotatable bonds is 4. The Morgan fingerprint density at radius 3 is 2.55 bits per heavy atom. The van der Waals surface area contributed by atoms with Gasteiger partial charge in [-0.2, -0.15) is 0 Å². The molecule has 1 N–H and O–H groups in total. The number of hydrogen-bond acceptors (Lipinski definition) is 4. The summed E-state index contributed by atoms with van der Waals surface area (Å²) in [7, 11) is 0. The lowest BCUT2D eigenvalue weighted by atomic mass is 10.2. The molecule has 1 aromatic heterocycles. The van der Waals surface area contributed by atoms with Crippen LogP contribution in [0.1, 0.15) is 16.7 Å². The summed E-state index contributed by atoms with van der Waals surface area (Å²) in [6.45, 7) is 3.11. The third-order valence-corrected chi connectivity index (χ3v) is 3.15. The van der Waals surface area contributed by atoms with Gasteiger partial charge < -0.3 is 9.94 Å². The third kappa shape index (κ3) is 2.62. The summed E-state index contributed by atoms with van der Waals surface area (Å²) >= 11 is 0. The van der Waals surface area contributed by atoms with E-state index in [0.29, 0.717) is 24.2 Å². The largest absolute Gasteiger partial charge is 0.410 e. The molecule has 2 aromatic carbocycles. The molecule has 1 heterocycles. The summed E-state index contributed by atoms with van der Waals surface area (Å²) in [5.41, 5.74) is 4.60. The number of hydrogen-bond donors (Lipinski definition) is 1. The Kier molecular flexibility index (Phi) is 3.35. The quantitative estimate of drug-likeness (QED) is 0.740. The standard InChI is InChI=1S/C15H15N3O2/c1-11-2-4-12(5-3-11)9-20-10-13-6-7-14-15(8-13)18(19)17-16-14/h2-8,19H,9-10H2,1H3. The van der Waals surface area contributed by atoms with Crippen molar-refractivity contribution in [3.8, 4) is 0 Å². The second-order valence-electron chi connectivity index (χ2n) is 4.78. The third-order valence-electron chi connectivity index (χ3n) is 3.15. The van der Waals surface area contributed by atoms with Crippen molar-refractivity contribution in [1.29, 1.82) is 0 Å². The van der Waals surface area contributed by atoms with Gasteiger partial charge in [-0.25, -0.2) is 0 Å². The van der Waals surface area contributed by atoms with E-state index in [1.807, 2.05) is 18.2 Å². The van der Waals surface area contributed by atoms with E-state index in [1.54, 1.807) is 0 Å². The molecule has 20 heavy (non-hydrogen) atoms. The first-order chi connectivity index (χ1) is 9.72. The van der Waals surface area contributed by atoms with Crippen molar-refractivity contribution in [2.75, 3.05) is 0 Å². The van der Waals surface area contributed by atoms with Gasteiger partial charge in [0.2, 0.25) is 0 Å². The predicted octanol–water partition coefficient (Wildman–Crippen LogP) is 2.69. The van der Waals surface area contributed by atoms with Crippen molar-refractivity contribution in [2.45, 2.75) is 20.1 Å². The number of fused-ring (bicyclic) bond motifs is 1. The molecule has 0 spiro atoms. The van der Waals surface area contributed by atoms with E-state index < -0.39 is 0 Å². The van der Waals surface area contributed by atoms with Gasteiger partial charge in [-0.05, 0) is 35.4 Å². The second kappa shape index (κ2) is 5.30. The average molecular weight is 269 g/mol. The van der Waals surface area contributed by atoms with Crippen LogP contribution in [0.2, 0.25) is 0 Å². The van der Waals surface area contributed by atoms with Crippen LogP contribution in [-0.2, 0) is 18.0 Å². The van der Waals surface area contributed by atoms with E-state index in [0.717, 1.165) is 16.0 Å². The van der Waals surface area contributed by atoms with Crippen molar-refractivity contribution < 1.29 is 9.94 Å². The lowest BCUT2D eigenvalue weighted by Crippen LogP contribution is -1.96. The minimum absolute atomic E-state index is 0.481. The van der Waals surface area contributed by atoms with Crippen LogP contribution >= 0.6 is 0 Å². The number of benzene rings is 2. The van der Waals surface area contributed by atoms with Crippen molar-refractivity contribution in [3.63, 3.8) is 0 Å². The monoisotopic (exact) mass is 269 g/mol. The maximum Gasteiger partial charge on any atom is 0.131 e. The SMILES string of the molecule is Cc1ccc(COCc2ccc3nnn(O)c3c2)cc1. The molecule has 0 unspecified atom stereocenters. The van der Waals surface area contributed by atoms with E-state index in [-0.39, 0.29) is 0 Å². The Hall–Kier alpha value is -2.40. The highest BCUT2D eigenvalue weighted by Crippen LogP contribution is 2.14. The van der Waals surface area contributed by atoms with Gasteiger partial charge in [-0.1, -0.05) is 40.7 Å². The van der Waals surface area contributed by atoms with Gasteiger partial charge in [0.1, 0.15) is 11.0 Å². The first kappa shape index (κ1) is 12.6. The number of ether oxygens (including phenoxy) is 1. The van der Waals surface area contributed by atoms with E-state index in [1.165, 1.54) is 5.56 Å². The van der Waals surface area contributed by atoms with Gasteiger partial charge in [0.25, 0.3) is 0 Å². The zero-order valence-electron chi connectivity index (χ0n) is 11.2. The second-order valence-corrected chi connectivity index (χ2v) is 4.78. The van der Waals surface area contributed by atoms with Crippen LogP contribution in [0.3, 0.4) is 0 Å². The average Bonchev–Trinajstić information content (AvgIpc) is 2.83. The molecule has 0 saturated carbocycles. The number of nitrogens with zero attached hydrogens (tertiary/aromatic N) is 3. The smallest absolute Gasteiger partial charge is 0.131 e. The summed E-state index contributed by atoms with van der Waals surface area (Å²) in [4.78, 5) is 0.777. The highest BCUT2D eigenvalue weighted by atomic mass is 16.5. The van der Waals surface area contributed by atoms with Crippen LogP contribution in [0.25, 0.3) is 11.0 Å². The van der Waals surface area contributed by atoms with Gasteiger partial charge in [0.15, 0.2) is 0 Å². The Bertz CT molecular complexity index is 720. The van der Waals surface area contributed by atoms with Crippen molar-refractivity contribution in [3.05, 3.63) is 59.2 Å². The fourth-order valence-corrected chi connectivity index (χ4v) is 2.01. The number of aryl methyl sites for hydroxylation is 1. The van der Waals surface area contributed by atoms with Crippen LogP contribution in [0.5, 0.6) is 0 Å². The normalized spacial score (nSPS) is 11.1. The predicted molar refractivity (Wildman–Crippen MR) is 74.4 cm³/mol. The summed E-state index contributed by atoms with van der Waals surface area (Å²) in [5.74, 6) is 0. The van der Waals surface area contributed by atoms with E-state index in [9.17, 15) is 5.21 Å². The lowest BCUT2D eigenvalue weighted by Gasteiger charge is -2.05. The van der Waals surface area contributed by atoms with Gasteiger partial charge in [-0.15, -0.1) is 5.10 Å². The van der Waals surface area contributed by atoms with Crippen LogP contribution < -0.4 is 0 Å². The molecule has 0 amide bonds. The fraction of sp³-hybridized carbons (Fsp3) is 0.200. The Morgan fingerprint density at radius 1 is 1.05 bits per heavy atom. The van der Waals surface area contributed by atoms with Crippen molar-refractivity contribution >= 4 is 11.0 Å². The van der Waals surface area contributed by atoms with E-state index in [2.05, 4.69) is 41.5 Å². The Labute approximate surface area is 116 Å². The zero-order valence-corrected chi connectivity index (χ0v) is 11.2. The van der Waals surface area contributed by atoms with Crippen LogP contribution in [0.4, 0.5) is 0 Å². The minimum Gasteiger partial charge on any atom is -0.410 e. The van der Waals surface area contributed by atoms with Gasteiger partial charge in [0.05, 0.1) is 13.2 Å². The molecule has 102 valence electrons. The van der Waals surface area contributed by atoms with Gasteiger partial charge in [0, 0.05) is 0 Å². The van der Waals surface area contributed by atoms with Crippen LogP contribution in [0.15, 0.2) is 42.5 Å². The molecule has 0 radical (unpaired) electrons. The Morgan fingerprint density at radius 2 is 1.75 bits per heavy atom. The number of aromatic nitrogens is 3. The molecule has 0 aliphatic heterocycles. The molecule has 5 heteroatoms. The van der Waals surface area contributed by atoms with Crippen LogP contribution in [0, 0.1) is 6.92 Å². The maximum atomic E-state index is 9.47. The molecule has 0 fully saturated rings. The fourth-order valence-electron chi connectivity index (χ4n) is 2.01. The molecular formula is C15H15N3O2. The molecular weight excluding hydrogens is 254 g/mol. The molecule has 5 nitrogen and oxygen atoms in total. The highest BCUT2D eigenvalue weighted by Gasteiger charge is 2.04. The Balaban J connectivity index is 1.64. The minimum atomic E-state index is 0.481. The molecule has 0 atom stereocenters. The molecule has 0 aliphatic carbocycles. The van der Waals surface area contributed by atoms with Crippen LogP contribution in [-0.4, -0.2) is 20.4 Å².